The van der Waals surface area contributed by atoms with Crippen molar-refractivity contribution in [1.82, 2.24) is 0 Å². The molecule has 3 aromatic rings. The largest absolute Gasteiger partial charge is 0.456 e. The van der Waals surface area contributed by atoms with Gasteiger partial charge in [0, 0.05) is 17.7 Å². The average Bonchev–Trinajstić information content (AvgIpc) is 2.51. The van der Waals surface area contributed by atoms with Gasteiger partial charge in [0.05, 0.1) is 5.39 Å². The molecule has 1 aromatic heterocycles. The first-order valence-corrected chi connectivity index (χ1v) is 10.1. The van der Waals surface area contributed by atoms with Gasteiger partial charge in [-0.2, -0.15) is 27.1 Å². The molecule has 0 radical (unpaired) electrons. The molecule has 10 nitrogen and oxygen atoms in total. The molecule has 27 heavy (non-hydrogen) atoms. The molecule has 0 amide bonds. The SMILES string of the molecule is NS(=O)(=O)Oc1cccc(-c2cc(=O)c3ccc(OS(N)(=O)=O)cc3o2)c1. The molecule has 4 N–H and O–H groups in total. The van der Waals surface area contributed by atoms with Crippen LogP contribution in [0.4, 0.5) is 0 Å². The lowest BCUT2D eigenvalue weighted by molar-refractivity contribution is 0.485. The van der Waals surface area contributed by atoms with E-state index in [0.29, 0.717) is 5.56 Å². The van der Waals surface area contributed by atoms with E-state index in [4.69, 9.17) is 14.7 Å². The lowest BCUT2D eigenvalue weighted by Crippen LogP contribution is -2.19. The second-order valence-electron chi connectivity index (χ2n) is 5.31. The highest BCUT2D eigenvalue weighted by molar-refractivity contribution is 7.85. The minimum atomic E-state index is -4.25. The normalized spacial score (nSPS) is 12.1. The standard InChI is InChI=1S/C15H12N2O8S2/c16-26(19,20)24-10-3-1-2-9(6-10)14-8-13(18)12-5-4-11(7-15(12)23-14)25-27(17,21)22/h1-8H,(H2,16,19,20)(H2,17,21,22). The van der Waals surface area contributed by atoms with Crippen LogP contribution < -0.4 is 24.1 Å². The first-order valence-electron chi connectivity index (χ1n) is 7.13. The Morgan fingerprint density at radius 1 is 0.815 bits per heavy atom. The van der Waals surface area contributed by atoms with Crippen LogP contribution in [0.25, 0.3) is 22.3 Å². The van der Waals surface area contributed by atoms with Crippen molar-refractivity contribution in [2.75, 3.05) is 0 Å². The Kier molecular flexibility index (Phi) is 4.65. The van der Waals surface area contributed by atoms with Gasteiger partial charge >= 0.3 is 20.6 Å². The maximum absolute atomic E-state index is 12.3. The Hall–Kier alpha value is -2.93. The smallest absolute Gasteiger partial charge is 0.380 e. The van der Waals surface area contributed by atoms with Gasteiger partial charge in [-0.25, -0.2) is 0 Å². The lowest BCUT2D eigenvalue weighted by Gasteiger charge is -2.07. The van der Waals surface area contributed by atoms with Crippen molar-refractivity contribution in [3.63, 3.8) is 0 Å². The summed E-state index contributed by atoms with van der Waals surface area (Å²) in [5, 5.41) is 9.82. The third kappa shape index (κ3) is 4.83. The van der Waals surface area contributed by atoms with E-state index in [-0.39, 0.29) is 28.2 Å². The monoisotopic (exact) mass is 412 g/mol. The molecule has 2 aromatic carbocycles. The Bertz CT molecular complexity index is 1300. The summed E-state index contributed by atoms with van der Waals surface area (Å²) in [4.78, 5) is 12.3. The number of hydrogen-bond acceptors (Lipinski definition) is 8. The summed E-state index contributed by atoms with van der Waals surface area (Å²) in [6.45, 7) is 0. The Morgan fingerprint density at radius 3 is 2.07 bits per heavy atom. The van der Waals surface area contributed by atoms with E-state index in [1.165, 1.54) is 42.5 Å². The average molecular weight is 412 g/mol. The molecular formula is C15H12N2O8S2. The minimum Gasteiger partial charge on any atom is -0.456 e. The van der Waals surface area contributed by atoms with E-state index in [1.807, 2.05) is 0 Å². The van der Waals surface area contributed by atoms with Gasteiger partial charge in [-0.15, -0.1) is 0 Å². The predicted molar refractivity (Wildman–Crippen MR) is 95.4 cm³/mol. The number of rotatable bonds is 5. The van der Waals surface area contributed by atoms with E-state index in [9.17, 15) is 21.6 Å². The molecule has 0 saturated carbocycles. The molecule has 0 aliphatic heterocycles. The summed E-state index contributed by atoms with van der Waals surface area (Å²) >= 11 is 0. The van der Waals surface area contributed by atoms with Crippen molar-refractivity contribution in [1.29, 1.82) is 0 Å². The van der Waals surface area contributed by atoms with Gasteiger partial charge in [0.15, 0.2) is 5.43 Å². The van der Waals surface area contributed by atoms with Crippen LogP contribution in [0.3, 0.4) is 0 Å². The fourth-order valence-corrected chi connectivity index (χ4v) is 3.04. The van der Waals surface area contributed by atoms with Gasteiger partial charge in [-0.05, 0) is 24.3 Å². The lowest BCUT2D eigenvalue weighted by atomic mass is 10.1. The Labute approximate surface area is 153 Å². The topological polar surface area (TPSA) is 169 Å². The molecule has 12 heteroatoms. The molecule has 0 aliphatic carbocycles. The summed E-state index contributed by atoms with van der Waals surface area (Å²) in [5.41, 5.74) is -0.0458. The van der Waals surface area contributed by atoms with Crippen LogP contribution in [0, 0.1) is 0 Å². The number of hydrogen-bond donors (Lipinski definition) is 2. The Balaban J connectivity index is 2.10. The van der Waals surface area contributed by atoms with Crippen LogP contribution in [-0.2, 0) is 20.6 Å². The maximum atomic E-state index is 12.3. The fraction of sp³-hybridized carbons (Fsp3) is 0. The van der Waals surface area contributed by atoms with Crippen LogP contribution >= 0.6 is 0 Å². The van der Waals surface area contributed by atoms with Crippen LogP contribution in [0.15, 0.2) is 57.7 Å². The van der Waals surface area contributed by atoms with Gasteiger partial charge in [-0.3, -0.25) is 4.79 Å². The molecular weight excluding hydrogens is 400 g/mol. The molecule has 0 spiro atoms. The molecule has 0 saturated heterocycles. The molecule has 0 fully saturated rings. The zero-order valence-corrected chi connectivity index (χ0v) is 15.0. The maximum Gasteiger partial charge on any atom is 0.380 e. The summed E-state index contributed by atoms with van der Waals surface area (Å²) in [6.07, 6.45) is 0. The van der Waals surface area contributed by atoms with Crippen molar-refractivity contribution in [3.05, 3.63) is 58.8 Å². The zero-order chi connectivity index (χ0) is 19.8. The highest BCUT2D eigenvalue weighted by Crippen LogP contribution is 2.27. The van der Waals surface area contributed by atoms with Gasteiger partial charge in [-0.1, -0.05) is 12.1 Å². The van der Waals surface area contributed by atoms with Crippen LogP contribution in [0.5, 0.6) is 11.5 Å². The quantitative estimate of drug-likeness (QED) is 0.614. The summed E-state index contributed by atoms with van der Waals surface area (Å²) in [5.74, 6) is -0.138. The van der Waals surface area contributed by atoms with E-state index in [2.05, 4.69) is 8.37 Å². The minimum absolute atomic E-state index is 0.0383. The van der Waals surface area contributed by atoms with Crippen molar-refractivity contribution < 1.29 is 29.6 Å². The summed E-state index contributed by atoms with van der Waals surface area (Å²) in [7, 11) is -8.47. The third-order valence-electron chi connectivity index (χ3n) is 3.24. The first kappa shape index (κ1) is 18.8. The Morgan fingerprint density at radius 2 is 1.44 bits per heavy atom. The van der Waals surface area contributed by atoms with Crippen molar-refractivity contribution in [3.8, 4) is 22.8 Å². The molecule has 142 valence electrons. The van der Waals surface area contributed by atoms with E-state index >= 15 is 0 Å². The zero-order valence-electron chi connectivity index (χ0n) is 13.4. The van der Waals surface area contributed by atoms with Crippen LogP contribution in [0.1, 0.15) is 0 Å². The van der Waals surface area contributed by atoms with Crippen molar-refractivity contribution in [2.45, 2.75) is 0 Å². The molecule has 3 rings (SSSR count). The fourth-order valence-electron chi connectivity index (χ4n) is 2.30. The summed E-state index contributed by atoms with van der Waals surface area (Å²) < 4.78 is 58.9. The third-order valence-corrected chi connectivity index (χ3v) is 4.09. The van der Waals surface area contributed by atoms with Crippen LogP contribution in [0.2, 0.25) is 0 Å². The summed E-state index contributed by atoms with van der Waals surface area (Å²) in [6, 6.07) is 10.6. The van der Waals surface area contributed by atoms with Gasteiger partial charge in [0.2, 0.25) is 0 Å². The van der Waals surface area contributed by atoms with E-state index in [0.717, 1.165) is 0 Å². The highest BCUT2D eigenvalue weighted by atomic mass is 32.2. The number of fused-ring (bicyclic) bond motifs is 1. The van der Waals surface area contributed by atoms with Crippen molar-refractivity contribution >= 4 is 31.6 Å². The predicted octanol–water partition coefficient (Wildman–Crippen LogP) is 0.625. The second kappa shape index (κ2) is 6.66. The van der Waals surface area contributed by atoms with Gasteiger partial charge in [0.25, 0.3) is 0 Å². The van der Waals surface area contributed by atoms with Crippen LogP contribution in [-0.4, -0.2) is 16.8 Å². The molecule has 1 heterocycles. The van der Waals surface area contributed by atoms with E-state index < -0.39 is 26.0 Å². The van der Waals surface area contributed by atoms with E-state index in [1.54, 1.807) is 6.07 Å². The van der Waals surface area contributed by atoms with Crippen molar-refractivity contribution in [2.24, 2.45) is 10.3 Å². The molecule has 0 atom stereocenters. The molecule has 0 bridgehead atoms. The molecule has 0 unspecified atom stereocenters. The highest BCUT2D eigenvalue weighted by Gasteiger charge is 2.12. The molecule has 0 aliphatic rings. The first-order chi connectivity index (χ1) is 12.5. The number of nitrogens with two attached hydrogens (primary N) is 2. The second-order valence-corrected chi connectivity index (χ2v) is 7.62. The van der Waals surface area contributed by atoms with Gasteiger partial charge in [0.1, 0.15) is 22.8 Å². The number of benzene rings is 2. The van der Waals surface area contributed by atoms with Gasteiger partial charge < -0.3 is 12.8 Å².